The lowest BCUT2D eigenvalue weighted by atomic mass is 9.83. The zero-order chi connectivity index (χ0) is 8.81. The molecule has 0 saturated heterocycles. The maximum atomic E-state index is 2.27. The van der Waals surface area contributed by atoms with Crippen LogP contribution in [-0.4, -0.2) is 0 Å². The lowest BCUT2D eigenvalue weighted by Crippen LogP contribution is -2.07. The van der Waals surface area contributed by atoms with Gasteiger partial charge in [-0.05, 0) is 38.2 Å². The largest absolute Gasteiger partial charge is 0.0874 e. The SMILES string of the molecule is C/C=C\C(=C/C)C1CCCCC1. The molecular weight excluding hydrogens is 144 g/mol. The van der Waals surface area contributed by atoms with Gasteiger partial charge in [0.15, 0.2) is 0 Å². The lowest BCUT2D eigenvalue weighted by Gasteiger charge is -2.22. The fraction of sp³-hybridized carbons (Fsp3) is 0.667. The van der Waals surface area contributed by atoms with Gasteiger partial charge in [0, 0.05) is 0 Å². The zero-order valence-corrected chi connectivity index (χ0v) is 8.34. The molecular formula is C12H20. The van der Waals surface area contributed by atoms with Crippen LogP contribution in [0.3, 0.4) is 0 Å². The van der Waals surface area contributed by atoms with E-state index in [9.17, 15) is 0 Å². The van der Waals surface area contributed by atoms with Crippen molar-refractivity contribution in [3.05, 3.63) is 23.8 Å². The van der Waals surface area contributed by atoms with Crippen LogP contribution in [0.5, 0.6) is 0 Å². The van der Waals surface area contributed by atoms with E-state index in [0.29, 0.717) is 0 Å². The molecule has 0 heterocycles. The summed E-state index contributed by atoms with van der Waals surface area (Å²) in [7, 11) is 0. The van der Waals surface area contributed by atoms with Gasteiger partial charge in [-0.2, -0.15) is 0 Å². The van der Waals surface area contributed by atoms with Gasteiger partial charge in [0.25, 0.3) is 0 Å². The van der Waals surface area contributed by atoms with Crippen LogP contribution in [0.25, 0.3) is 0 Å². The maximum Gasteiger partial charge on any atom is -0.0165 e. The molecule has 0 aromatic heterocycles. The number of hydrogen-bond donors (Lipinski definition) is 0. The van der Waals surface area contributed by atoms with Crippen molar-refractivity contribution < 1.29 is 0 Å². The Labute approximate surface area is 76.4 Å². The molecule has 0 nitrogen and oxygen atoms in total. The summed E-state index contributed by atoms with van der Waals surface area (Å²) in [4.78, 5) is 0. The van der Waals surface area contributed by atoms with E-state index in [1.807, 2.05) is 0 Å². The van der Waals surface area contributed by atoms with Crippen molar-refractivity contribution in [1.82, 2.24) is 0 Å². The van der Waals surface area contributed by atoms with Gasteiger partial charge >= 0.3 is 0 Å². The monoisotopic (exact) mass is 164 g/mol. The van der Waals surface area contributed by atoms with Crippen molar-refractivity contribution in [2.75, 3.05) is 0 Å². The minimum Gasteiger partial charge on any atom is -0.0874 e. The van der Waals surface area contributed by atoms with E-state index in [1.165, 1.54) is 32.1 Å². The third kappa shape index (κ3) is 2.51. The highest BCUT2D eigenvalue weighted by atomic mass is 14.2. The fourth-order valence-electron chi connectivity index (χ4n) is 2.10. The van der Waals surface area contributed by atoms with Gasteiger partial charge in [-0.3, -0.25) is 0 Å². The van der Waals surface area contributed by atoms with Crippen molar-refractivity contribution in [2.45, 2.75) is 46.0 Å². The van der Waals surface area contributed by atoms with E-state index in [1.54, 1.807) is 5.57 Å². The Hall–Kier alpha value is -0.520. The van der Waals surface area contributed by atoms with E-state index < -0.39 is 0 Å². The molecule has 1 rings (SSSR count). The van der Waals surface area contributed by atoms with Crippen LogP contribution in [0, 0.1) is 5.92 Å². The molecule has 0 amide bonds. The number of hydrogen-bond acceptors (Lipinski definition) is 0. The van der Waals surface area contributed by atoms with Gasteiger partial charge in [0.1, 0.15) is 0 Å². The topological polar surface area (TPSA) is 0 Å². The summed E-state index contributed by atoms with van der Waals surface area (Å²) in [6, 6.07) is 0. The number of rotatable bonds is 2. The van der Waals surface area contributed by atoms with Crippen LogP contribution in [0.1, 0.15) is 46.0 Å². The molecule has 1 aliphatic rings. The first-order chi connectivity index (χ1) is 5.88. The molecule has 0 unspecified atom stereocenters. The van der Waals surface area contributed by atoms with Gasteiger partial charge in [0.05, 0.1) is 0 Å². The first-order valence-electron chi connectivity index (χ1n) is 5.17. The normalized spacial score (nSPS) is 22.0. The highest BCUT2D eigenvalue weighted by molar-refractivity contribution is 5.20. The molecule has 0 aromatic carbocycles. The summed E-state index contributed by atoms with van der Waals surface area (Å²) in [6.45, 7) is 4.26. The minimum absolute atomic E-state index is 0.861. The van der Waals surface area contributed by atoms with E-state index in [2.05, 4.69) is 32.1 Å². The van der Waals surface area contributed by atoms with Crippen molar-refractivity contribution in [1.29, 1.82) is 0 Å². The van der Waals surface area contributed by atoms with Crippen LogP contribution in [-0.2, 0) is 0 Å². The molecule has 1 aliphatic carbocycles. The Morgan fingerprint density at radius 2 is 1.75 bits per heavy atom. The standard InChI is InChI=1S/C12H20/c1-3-8-11(4-2)12-9-6-5-7-10-12/h3-4,8,12H,5-7,9-10H2,1-2H3/b8-3-,11-4+. The summed E-state index contributed by atoms with van der Waals surface area (Å²) in [5.74, 6) is 0.861. The Morgan fingerprint density at radius 1 is 1.08 bits per heavy atom. The molecule has 0 atom stereocenters. The second-order valence-corrected chi connectivity index (χ2v) is 3.62. The fourth-order valence-corrected chi connectivity index (χ4v) is 2.10. The smallest absolute Gasteiger partial charge is 0.0165 e. The van der Waals surface area contributed by atoms with Crippen molar-refractivity contribution in [3.8, 4) is 0 Å². The Balaban J connectivity index is 2.52. The lowest BCUT2D eigenvalue weighted by molar-refractivity contribution is 0.408. The van der Waals surface area contributed by atoms with Crippen molar-refractivity contribution >= 4 is 0 Å². The summed E-state index contributed by atoms with van der Waals surface area (Å²) in [5, 5.41) is 0. The zero-order valence-electron chi connectivity index (χ0n) is 8.34. The van der Waals surface area contributed by atoms with Gasteiger partial charge in [-0.1, -0.05) is 37.5 Å². The summed E-state index contributed by atoms with van der Waals surface area (Å²) in [6.07, 6.45) is 13.8. The predicted molar refractivity (Wildman–Crippen MR) is 55.1 cm³/mol. The van der Waals surface area contributed by atoms with Gasteiger partial charge in [0.2, 0.25) is 0 Å². The molecule has 68 valence electrons. The highest BCUT2D eigenvalue weighted by Gasteiger charge is 2.14. The molecule has 1 fully saturated rings. The molecule has 0 aliphatic heterocycles. The van der Waals surface area contributed by atoms with Crippen LogP contribution in [0.4, 0.5) is 0 Å². The van der Waals surface area contributed by atoms with Crippen molar-refractivity contribution in [3.63, 3.8) is 0 Å². The summed E-state index contributed by atoms with van der Waals surface area (Å²) in [5.41, 5.74) is 1.55. The summed E-state index contributed by atoms with van der Waals surface area (Å²) >= 11 is 0. The Kier molecular flexibility index (Phi) is 4.13. The second kappa shape index (κ2) is 5.18. The first kappa shape index (κ1) is 9.57. The molecule has 0 aromatic rings. The second-order valence-electron chi connectivity index (χ2n) is 3.62. The molecule has 0 spiro atoms. The molecule has 0 bridgehead atoms. The minimum atomic E-state index is 0.861. The molecule has 1 saturated carbocycles. The third-order valence-electron chi connectivity index (χ3n) is 2.77. The molecule has 0 radical (unpaired) electrons. The first-order valence-corrected chi connectivity index (χ1v) is 5.17. The number of allylic oxidation sites excluding steroid dienone is 4. The maximum absolute atomic E-state index is 2.27. The van der Waals surface area contributed by atoms with Gasteiger partial charge in [-0.25, -0.2) is 0 Å². The van der Waals surface area contributed by atoms with Gasteiger partial charge < -0.3 is 0 Å². The van der Waals surface area contributed by atoms with Crippen LogP contribution < -0.4 is 0 Å². The highest BCUT2D eigenvalue weighted by Crippen LogP contribution is 2.30. The van der Waals surface area contributed by atoms with E-state index in [0.717, 1.165) is 5.92 Å². The summed E-state index contributed by atoms with van der Waals surface area (Å²) < 4.78 is 0. The predicted octanol–water partition coefficient (Wildman–Crippen LogP) is 4.09. The Bertz CT molecular complexity index is 168. The van der Waals surface area contributed by atoms with E-state index in [4.69, 9.17) is 0 Å². The third-order valence-corrected chi connectivity index (χ3v) is 2.77. The van der Waals surface area contributed by atoms with Crippen molar-refractivity contribution in [2.24, 2.45) is 5.92 Å². The van der Waals surface area contributed by atoms with Gasteiger partial charge in [-0.15, -0.1) is 0 Å². The molecule has 0 N–H and O–H groups in total. The average Bonchev–Trinajstić information content (AvgIpc) is 2.15. The van der Waals surface area contributed by atoms with Crippen LogP contribution >= 0.6 is 0 Å². The van der Waals surface area contributed by atoms with Crippen LogP contribution in [0.15, 0.2) is 23.8 Å². The van der Waals surface area contributed by atoms with E-state index in [-0.39, 0.29) is 0 Å². The van der Waals surface area contributed by atoms with Crippen LogP contribution in [0.2, 0.25) is 0 Å². The molecule has 0 heteroatoms. The van der Waals surface area contributed by atoms with E-state index >= 15 is 0 Å². The average molecular weight is 164 g/mol. The quantitative estimate of drug-likeness (QED) is 0.539. The molecule has 12 heavy (non-hydrogen) atoms. The Morgan fingerprint density at radius 3 is 2.25 bits per heavy atom.